The molecule has 4 nitrogen and oxygen atoms in total. The van der Waals surface area contributed by atoms with Crippen LogP contribution in [-0.2, 0) is 4.79 Å². The summed E-state index contributed by atoms with van der Waals surface area (Å²) in [4.78, 5) is 13.8. The summed E-state index contributed by atoms with van der Waals surface area (Å²) < 4.78 is 0. The minimum atomic E-state index is -0.616. The number of anilines is 1. The number of amides is 1. The third-order valence-corrected chi connectivity index (χ3v) is 3.89. The van der Waals surface area contributed by atoms with Crippen molar-refractivity contribution in [2.45, 2.75) is 31.3 Å². The van der Waals surface area contributed by atoms with Gasteiger partial charge in [-0.15, -0.1) is 0 Å². The molecule has 0 unspecified atom stereocenters. The first kappa shape index (κ1) is 15.3. The summed E-state index contributed by atoms with van der Waals surface area (Å²) in [6, 6.07) is 7.01. The molecule has 0 spiro atoms. The van der Waals surface area contributed by atoms with Crippen LogP contribution in [0, 0.1) is 0 Å². The van der Waals surface area contributed by atoms with Crippen LogP contribution in [0.4, 0.5) is 5.69 Å². The predicted octanol–water partition coefficient (Wildman–Crippen LogP) is 2.52. The van der Waals surface area contributed by atoms with E-state index in [-0.39, 0.29) is 12.5 Å². The number of hydrogen-bond acceptors (Lipinski definition) is 3. The van der Waals surface area contributed by atoms with Gasteiger partial charge in [0.05, 0.1) is 12.1 Å². The summed E-state index contributed by atoms with van der Waals surface area (Å²) >= 11 is 5.79. The number of nitrogens with zero attached hydrogens (tertiary/aromatic N) is 1. The number of benzene rings is 1. The third kappa shape index (κ3) is 4.47. The Hall–Kier alpha value is -1.10. The fourth-order valence-electron chi connectivity index (χ4n) is 2.73. The van der Waals surface area contributed by atoms with Crippen LogP contribution < -0.4 is 5.32 Å². The zero-order valence-electron chi connectivity index (χ0n) is 11.7. The highest BCUT2D eigenvalue weighted by Crippen LogP contribution is 2.29. The van der Waals surface area contributed by atoms with Crippen molar-refractivity contribution < 1.29 is 9.90 Å². The van der Waals surface area contributed by atoms with Gasteiger partial charge in [0.2, 0.25) is 5.91 Å². The van der Waals surface area contributed by atoms with Crippen LogP contribution in [0.1, 0.15) is 25.7 Å². The zero-order chi connectivity index (χ0) is 14.6. The zero-order valence-corrected chi connectivity index (χ0v) is 12.5. The van der Waals surface area contributed by atoms with Gasteiger partial charge in [-0.3, -0.25) is 9.69 Å². The molecular weight excluding hydrogens is 276 g/mol. The number of nitrogens with one attached hydrogen (secondary N) is 1. The van der Waals surface area contributed by atoms with Crippen molar-refractivity contribution in [1.29, 1.82) is 0 Å². The van der Waals surface area contributed by atoms with E-state index in [4.69, 9.17) is 11.6 Å². The highest BCUT2D eigenvalue weighted by Gasteiger charge is 2.32. The lowest BCUT2D eigenvalue weighted by Crippen LogP contribution is -2.42. The molecule has 0 bridgehead atoms. The number of hydrogen-bond donors (Lipinski definition) is 2. The van der Waals surface area contributed by atoms with Crippen LogP contribution in [0.15, 0.2) is 24.3 Å². The molecule has 1 fully saturated rings. The lowest BCUT2D eigenvalue weighted by molar-refractivity contribution is -0.117. The van der Waals surface area contributed by atoms with Gasteiger partial charge in [-0.05, 0) is 44.2 Å². The van der Waals surface area contributed by atoms with Gasteiger partial charge in [0.1, 0.15) is 0 Å². The molecule has 0 heterocycles. The Morgan fingerprint density at radius 3 is 2.55 bits per heavy atom. The first-order chi connectivity index (χ1) is 9.47. The molecule has 1 saturated carbocycles. The Bertz CT molecular complexity index is 455. The highest BCUT2D eigenvalue weighted by atomic mass is 35.5. The van der Waals surface area contributed by atoms with Gasteiger partial charge in [0.15, 0.2) is 0 Å². The fourth-order valence-corrected chi connectivity index (χ4v) is 2.85. The van der Waals surface area contributed by atoms with E-state index in [1.54, 1.807) is 24.3 Å². The lowest BCUT2D eigenvalue weighted by Gasteiger charge is -2.28. The van der Waals surface area contributed by atoms with Crippen molar-refractivity contribution in [2.75, 3.05) is 25.5 Å². The van der Waals surface area contributed by atoms with Crippen molar-refractivity contribution in [3.8, 4) is 0 Å². The number of aliphatic hydroxyl groups is 1. The molecule has 1 aliphatic rings. The Balaban J connectivity index is 1.80. The summed E-state index contributed by atoms with van der Waals surface area (Å²) in [5.74, 6) is -0.0866. The predicted molar refractivity (Wildman–Crippen MR) is 81.0 cm³/mol. The second-order valence-electron chi connectivity index (χ2n) is 5.66. The largest absolute Gasteiger partial charge is 0.389 e. The molecule has 0 radical (unpaired) electrons. The van der Waals surface area contributed by atoms with E-state index in [0.29, 0.717) is 11.6 Å². The average molecular weight is 297 g/mol. The maximum Gasteiger partial charge on any atom is 0.238 e. The topological polar surface area (TPSA) is 52.6 Å². The normalized spacial score (nSPS) is 17.4. The van der Waals surface area contributed by atoms with E-state index in [2.05, 4.69) is 5.32 Å². The first-order valence-corrected chi connectivity index (χ1v) is 7.31. The average Bonchev–Trinajstić information content (AvgIpc) is 2.78. The van der Waals surface area contributed by atoms with Crippen LogP contribution in [0.5, 0.6) is 0 Å². The molecule has 110 valence electrons. The second-order valence-corrected chi connectivity index (χ2v) is 6.10. The Morgan fingerprint density at radius 2 is 1.95 bits per heavy atom. The Labute approximate surface area is 124 Å². The van der Waals surface area contributed by atoms with Gasteiger partial charge in [0.25, 0.3) is 0 Å². The molecule has 0 aliphatic heterocycles. The molecule has 0 atom stereocenters. The van der Waals surface area contributed by atoms with Crippen molar-refractivity contribution in [3.05, 3.63) is 29.3 Å². The molecular formula is C15H21ClN2O2. The minimum Gasteiger partial charge on any atom is -0.389 e. The maximum absolute atomic E-state index is 11.9. The van der Waals surface area contributed by atoms with Crippen molar-refractivity contribution in [3.63, 3.8) is 0 Å². The van der Waals surface area contributed by atoms with Crippen molar-refractivity contribution >= 4 is 23.2 Å². The van der Waals surface area contributed by atoms with E-state index in [9.17, 15) is 9.90 Å². The molecule has 1 aromatic rings. The number of rotatable bonds is 5. The van der Waals surface area contributed by atoms with E-state index in [0.717, 1.165) is 31.4 Å². The molecule has 0 saturated heterocycles. The van der Waals surface area contributed by atoms with Crippen molar-refractivity contribution in [2.24, 2.45) is 0 Å². The first-order valence-electron chi connectivity index (χ1n) is 6.93. The van der Waals surface area contributed by atoms with Crippen LogP contribution in [0.25, 0.3) is 0 Å². The lowest BCUT2D eigenvalue weighted by atomic mass is 10.0. The van der Waals surface area contributed by atoms with Crippen LogP contribution in [0.3, 0.4) is 0 Å². The summed E-state index contributed by atoms with van der Waals surface area (Å²) in [6.07, 6.45) is 3.80. The molecule has 0 aromatic heterocycles. The quantitative estimate of drug-likeness (QED) is 0.878. The Kier molecular flexibility index (Phi) is 5.02. The van der Waals surface area contributed by atoms with Gasteiger partial charge in [-0.25, -0.2) is 0 Å². The standard InChI is InChI=1S/C15H21ClN2O2/c1-18(11-15(20)8-2-3-9-15)10-14(19)17-13-6-4-12(16)5-7-13/h4-7,20H,2-3,8-11H2,1H3,(H,17,19). The van der Waals surface area contributed by atoms with Gasteiger partial charge < -0.3 is 10.4 Å². The third-order valence-electron chi connectivity index (χ3n) is 3.64. The maximum atomic E-state index is 11.9. The van der Waals surface area contributed by atoms with Gasteiger partial charge in [-0.2, -0.15) is 0 Å². The van der Waals surface area contributed by atoms with Crippen LogP contribution >= 0.6 is 11.6 Å². The number of carbonyl (C=O) groups is 1. The second kappa shape index (κ2) is 6.57. The molecule has 1 aliphatic carbocycles. The Morgan fingerprint density at radius 1 is 1.35 bits per heavy atom. The molecule has 2 N–H and O–H groups in total. The SMILES string of the molecule is CN(CC(=O)Nc1ccc(Cl)cc1)CC1(O)CCCC1. The summed E-state index contributed by atoms with van der Waals surface area (Å²) in [7, 11) is 1.86. The van der Waals surface area contributed by atoms with Crippen molar-refractivity contribution in [1.82, 2.24) is 4.90 Å². The monoisotopic (exact) mass is 296 g/mol. The summed E-state index contributed by atoms with van der Waals surface area (Å²) in [5.41, 5.74) is 0.113. The molecule has 1 aromatic carbocycles. The summed E-state index contributed by atoms with van der Waals surface area (Å²) in [6.45, 7) is 0.811. The number of likely N-dealkylation sites (N-methyl/N-ethyl adjacent to an activating group) is 1. The number of carbonyl (C=O) groups excluding carboxylic acids is 1. The molecule has 1 amide bonds. The van der Waals surface area contributed by atoms with Crippen LogP contribution in [-0.4, -0.2) is 41.7 Å². The molecule has 5 heteroatoms. The van der Waals surface area contributed by atoms with E-state index < -0.39 is 5.60 Å². The smallest absolute Gasteiger partial charge is 0.238 e. The molecule has 2 rings (SSSR count). The number of halogens is 1. The van der Waals surface area contributed by atoms with Gasteiger partial charge in [0, 0.05) is 17.3 Å². The van der Waals surface area contributed by atoms with E-state index >= 15 is 0 Å². The van der Waals surface area contributed by atoms with Gasteiger partial charge >= 0.3 is 0 Å². The minimum absolute atomic E-state index is 0.0866. The fraction of sp³-hybridized carbons (Fsp3) is 0.533. The highest BCUT2D eigenvalue weighted by molar-refractivity contribution is 6.30. The van der Waals surface area contributed by atoms with Gasteiger partial charge in [-0.1, -0.05) is 24.4 Å². The summed E-state index contributed by atoms with van der Waals surface area (Å²) in [5, 5.41) is 13.8. The van der Waals surface area contributed by atoms with Crippen LogP contribution in [0.2, 0.25) is 5.02 Å². The van der Waals surface area contributed by atoms with E-state index in [1.807, 2.05) is 11.9 Å². The molecule has 20 heavy (non-hydrogen) atoms. The van der Waals surface area contributed by atoms with E-state index in [1.165, 1.54) is 0 Å².